The number of nitrogens with zero attached hydrogens (tertiary/aromatic N) is 6. The first kappa shape index (κ1) is 22.0. The topological polar surface area (TPSA) is 76.5 Å². The zero-order valence-electron chi connectivity index (χ0n) is 20.7. The van der Waals surface area contributed by atoms with Crippen molar-refractivity contribution < 1.29 is 9.47 Å². The first-order valence-corrected chi connectivity index (χ1v) is 12.2. The molecule has 1 aliphatic heterocycles. The summed E-state index contributed by atoms with van der Waals surface area (Å²) in [6.45, 7) is 0. The Morgan fingerprint density at radius 1 is 0.474 bits per heavy atom. The maximum atomic E-state index is 5.40. The molecule has 0 amide bonds. The average molecular weight is 499 g/mol. The van der Waals surface area contributed by atoms with Gasteiger partial charge in [0.25, 0.3) is 0 Å². The molecule has 0 saturated carbocycles. The van der Waals surface area contributed by atoms with E-state index in [4.69, 9.17) is 29.4 Å². The van der Waals surface area contributed by atoms with E-state index in [1.165, 1.54) is 0 Å². The van der Waals surface area contributed by atoms with Crippen molar-refractivity contribution in [3.8, 4) is 11.5 Å². The standard InChI is InChI=1S/C30H22N6O2/c1-37-21-15-11-19(12-16-21)35-25-9-5-6-10-26(25)36(20-13-17-22(38-2)18-14-20)30-29(35)33-27-28(34-30)32-24-8-4-3-7-23(24)31-27/h3-18H,1-2H3. The second-order valence-corrected chi connectivity index (χ2v) is 8.79. The second kappa shape index (κ2) is 8.70. The molecule has 0 radical (unpaired) electrons. The Morgan fingerprint density at radius 3 is 1.26 bits per heavy atom. The van der Waals surface area contributed by atoms with Crippen LogP contribution in [0.25, 0.3) is 22.3 Å². The molecule has 0 fully saturated rings. The first-order chi connectivity index (χ1) is 18.7. The number of anilines is 6. The molecule has 0 unspecified atom stereocenters. The molecule has 38 heavy (non-hydrogen) atoms. The van der Waals surface area contributed by atoms with Gasteiger partial charge in [0, 0.05) is 11.4 Å². The number of aromatic nitrogens is 4. The smallest absolute Gasteiger partial charge is 0.200 e. The van der Waals surface area contributed by atoms with Crippen molar-refractivity contribution in [2.45, 2.75) is 0 Å². The number of para-hydroxylation sites is 4. The number of fused-ring (bicyclic) bond motifs is 4. The van der Waals surface area contributed by atoms with Crippen LogP contribution in [-0.4, -0.2) is 34.2 Å². The molecule has 4 aromatic carbocycles. The van der Waals surface area contributed by atoms with Gasteiger partial charge in [0.05, 0.1) is 36.6 Å². The monoisotopic (exact) mass is 498 g/mol. The summed E-state index contributed by atoms with van der Waals surface area (Å²) in [4.78, 5) is 23.9. The summed E-state index contributed by atoms with van der Waals surface area (Å²) in [5, 5.41) is 0. The summed E-state index contributed by atoms with van der Waals surface area (Å²) in [6.07, 6.45) is 0. The zero-order chi connectivity index (χ0) is 25.6. The summed E-state index contributed by atoms with van der Waals surface area (Å²) in [7, 11) is 3.32. The largest absolute Gasteiger partial charge is 0.497 e. The average Bonchev–Trinajstić information content (AvgIpc) is 2.98. The number of rotatable bonds is 4. The van der Waals surface area contributed by atoms with E-state index in [0.717, 1.165) is 45.3 Å². The van der Waals surface area contributed by atoms with Crippen LogP contribution < -0.4 is 19.3 Å². The van der Waals surface area contributed by atoms with Crippen molar-refractivity contribution in [1.82, 2.24) is 19.9 Å². The third-order valence-corrected chi connectivity index (χ3v) is 6.61. The molecular weight excluding hydrogens is 476 g/mol. The molecular formula is C30H22N6O2. The van der Waals surface area contributed by atoms with Crippen LogP contribution in [0, 0.1) is 0 Å². The number of hydrogen-bond donors (Lipinski definition) is 0. The van der Waals surface area contributed by atoms with Crippen LogP contribution in [0.4, 0.5) is 34.4 Å². The summed E-state index contributed by atoms with van der Waals surface area (Å²) in [6, 6.07) is 31.8. The Balaban J connectivity index is 1.53. The quantitative estimate of drug-likeness (QED) is 0.244. The molecule has 0 bridgehead atoms. The molecule has 0 N–H and O–H groups in total. The molecule has 184 valence electrons. The van der Waals surface area contributed by atoms with E-state index in [1.807, 2.05) is 84.9 Å². The summed E-state index contributed by atoms with van der Waals surface area (Å²) < 4.78 is 10.8. The van der Waals surface area contributed by atoms with Crippen LogP contribution in [0.2, 0.25) is 0 Å². The molecule has 3 heterocycles. The number of benzene rings is 4. The van der Waals surface area contributed by atoms with Gasteiger partial charge in [-0.15, -0.1) is 0 Å². The minimum atomic E-state index is 0.482. The highest BCUT2D eigenvalue weighted by atomic mass is 16.5. The fourth-order valence-corrected chi connectivity index (χ4v) is 4.79. The van der Waals surface area contributed by atoms with Gasteiger partial charge in [-0.25, -0.2) is 19.9 Å². The summed E-state index contributed by atoms with van der Waals surface area (Å²) in [5.41, 5.74) is 6.28. The Labute approximate surface area is 218 Å². The molecule has 0 spiro atoms. The highest BCUT2D eigenvalue weighted by molar-refractivity contribution is 6.00. The summed E-state index contributed by atoms with van der Waals surface area (Å²) >= 11 is 0. The lowest BCUT2D eigenvalue weighted by Crippen LogP contribution is -2.26. The molecule has 8 nitrogen and oxygen atoms in total. The predicted molar refractivity (Wildman–Crippen MR) is 149 cm³/mol. The third kappa shape index (κ3) is 3.46. The number of ether oxygens (including phenoxy) is 2. The highest BCUT2D eigenvalue weighted by Gasteiger charge is 2.33. The van der Waals surface area contributed by atoms with Crippen LogP contribution in [0.5, 0.6) is 11.5 Å². The van der Waals surface area contributed by atoms with Crippen molar-refractivity contribution in [2.24, 2.45) is 0 Å². The van der Waals surface area contributed by atoms with Crippen molar-refractivity contribution in [3.05, 3.63) is 97.1 Å². The maximum Gasteiger partial charge on any atom is 0.200 e. The number of methoxy groups -OCH3 is 2. The molecule has 8 heteroatoms. The van der Waals surface area contributed by atoms with Crippen molar-refractivity contribution >= 4 is 56.7 Å². The van der Waals surface area contributed by atoms with E-state index < -0.39 is 0 Å². The van der Waals surface area contributed by atoms with Gasteiger partial charge in [-0.3, -0.25) is 9.80 Å². The minimum absolute atomic E-state index is 0.482. The molecule has 6 aromatic rings. The van der Waals surface area contributed by atoms with E-state index >= 15 is 0 Å². The van der Waals surface area contributed by atoms with Crippen LogP contribution in [-0.2, 0) is 0 Å². The lowest BCUT2D eigenvalue weighted by Gasteiger charge is -2.38. The number of hydrogen-bond acceptors (Lipinski definition) is 8. The van der Waals surface area contributed by atoms with Crippen LogP contribution in [0.15, 0.2) is 97.1 Å². The molecule has 0 atom stereocenters. The van der Waals surface area contributed by atoms with Gasteiger partial charge >= 0.3 is 0 Å². The van der Waals surface area contributed by atoms with Gasteiger partial charge in [0.15, 0.2) is 11.6 Å². The van der Waals surface area contributed by atoms with Crippen LogP contribution in [0.3, 0.4) is 0 Å². The zero-order valence-corrected chi connectivity index (χ0v) is 20.7. The SMILES string of the molecule is COc1ccc(N2c3ccccc3N(c3ccc(OC)cc3)c3nc4nc5ccccc5nc4nc32)cc1. The van der Waals surface area contributed by atoms with Crippen molar-refractivity contribution in [2.75, 3.05) is 24.0 Å². The fraction of sp³-hybridized carbons (Fsp3) is 0.0667. The lowest BCUT2D eigenvalue weighted by molar-refractivity contribution is 0.414. The third-order valence-electron chi connectivity index (χ3n) is 6.61. The van der Waals surface area contributed by atoms with Crippen molar-refractivity contribution in [3.63, 3.8) is 0 Å². The Kier molecular flexibility index (Phi) is 5.04. The van der Waals surface area contributed by atoms with E-state index in [0.29, 0.717) is 22.9 Å². The predicted octanol–water partition coefficient (Wildman–Crippen LogP) is 6.84. The Bertz CT molecular complexity index is 1670. The molecule has 0 aliphatic carbocycles. The van der Waals surface area contributed by atoms with Gasteiger partial charge in [-0.1, -0.05) is 24.3 Å². The molecule has 1 aliphatic rings. The van der Waals surface area contributed by atoms with E-state index in [2.05, 4.69) is 21.9 Å². The van der Waals surface area contributed by atoms with Gasteiger partial charge in [-0.2, -0.15) is 0 Å². The highest BCUT2D eigenvalue weighted by Crippen LogP contribution is 2.52. The first-order valence-electron chi connectivity index (χ1n) is 12.2. The second-order valence-electron chi connectivity index (χ2n) is 8.79. The Hall–Kier alpha value is -5.24. The Morgan fingerprint density at radius 2 is 0.868 bits per heavy atom. The van der Waals surface area contributed by atoms with Gasteiger partial charge in [0.1, 0.15) is 11.5 Å². The van der Waals surface area contributed by atoms with E-state index in [9.17, 15) is 0 Å². The van der Waals surface area contributed by atoms with Gasteiger partial charge in [0.2, 0.25) is 11.3 Å². The fourth-order valence-electron chi connectivity index (χ4n) is 4.79. The van der Waals surface area contributed by atoms with Gasteiger partial charge < -0.3 is 9.47 Å². The van der Waals surface area contributed by atoms with Crippen molar-refractivity contribution in [1.29, 1.82) is 0 Å². The normalized spacial score (nSPS) is 12.4. The molecule has 0 saturated heterocycles. The lowest BCUT2D eigenvalue weighted by atomic mass is 10.1. The van der Waals surface area contributed by atoms with Crippen LogP contribution in [0.1, 0.15) is 0 Å². The molecule has 7 rings (SSSR count). The minimum Gasteiger partial charge on any atom is -0.497 e. The van der Waals surface area contributed by atoms with Crippen LogP contribution >= 0.6 is 0 Å². The molecule has 2 aromatic heterocycles. The summed E-state index contributed by atoms with van der Waals surface area (Å²) in [5.74, 6) is 2.87. The van der Waals surface area contributed by atoms with Gasteiger partial charge in [-0.05, 0) is 72.8 Å². The maximum absolute atomic E-state index is 5.40. The van der Waals surface area contributed by atoms with E-state index in [1.54, 1.807) is 14.2 Å². The van der Waals surface area contributed by atoms with E-state index in [-0.39, 0.29) is 0 Å².